The lowest BCUT2D eigenvalue weighted by atomic mass is 9.46. The molecule has 25 heavy (non-hydrogen) atoms. The Bertz CT molecular complexity index is 673. The van der Waals surface area contributed by atoms with Crippen LogP contribution in [-0.4, -0.2) is 44.4 Å². The summed E-state index contributed by atoms with van der Waals surface area (Å²) in [5.74, 6) is 1.58. The van der Waals surface area contributed by atoms with Crippen molar-refractivity contribution in [3.05, 3.63) is 24.3 Å². The molecule has 1 saturated heterocycles. The lowest BCUT2D eigenvalue weighted by Gasteiger charge is -2.63. The van der Waals surface area contributed by atoms with Crippen LogP contribution in [0.4, 0.5) is 5.69 Å². The number of ether oxygens (including phenoxy) is 2. The van der Waals surface area contributed by atoms with Crippen LogP contribution in [0.3, 0.4) is 0 Å². The summed E-state index contributed by atoms with van der Waals surface area (Å²) in [7, 11) is 0. The third kappa shape index (κ3) is 2.32. The number of carbonyl (C=O) groups is 1. The average molecular weight is 342 g/mol. The second-order valence-corrected chi connectivity index (χ2v) is 7.92. The van der Waals surface area contributed by atoms with Crippen molar-refractivity contribution in [3.8, 4) is 5.75 Å². The quantitative estimate of drug-likeness (QED) is 0.835. The van der Waals surface area contributed by atoms with E-state index in [4.69, 9.17) is 9.47 Å². The Morgan fingerprint density at radius 1 is 1.28 bits per heavy atom. The lowest BCUT2D eigenvalue weighted by Crippen LogP contribution is -2.71. The highest BCUT2D eigenvalue weighted by Gasteiger charge is 2.66. The highest BCUT2D eigenvalue weighted by Crippen LogP contribution is 2.62. The number of anilines is 1. The molecule has 5 nitrogen and oxygen atoms in total. The van der Waals surface area contributed by atoms with Gasteiger partial charge in [-0.15, -0.1) is 0 Å². The topological polar surface area (TPSA) is 50.8 Å². The standard InChI is InChI=1S/C20H26N2O3/c23-17-13-25-16-6-2-1-5-15(16)22(17)11-4-10-21-18-14-7-12-24-19(14)20(18)8-3-9-20/h1-2,5-6,14,18-19,21H,3-4,7-13H2/t14-,18+,19-/m0/s1. The number of nitrogens with zero attached hydrogens (tertiary/aromatic N) is 1. The first-order valence-corrected chi connectivity index (χ1v) is 9.67. The maximum Gasteiger partial charge on any atom is 0.265 e. The Hall–Kier alpha value is -1.59. The summed E-state index contributed by atoms with van der Waals surface area (Å²) in [5.41, 5.74) is 1.34. The molecule has 0 bridgehead atoms. The molecule has 5 heteroatoms. The van der Waals surface area contributed by atoms with Gasteiger partial charge in [0.15, 0.2) is 6.61 Å². The van der Waals surface area contributed by atoms with Crippen LogP contribution in [0.2, 0.25) is 0 Å². The van der Waals surface area contributed by atoms with Crippen LogP contribution in [0, 0.1) is 11.3 Å². The van der Waals surface area contributed by atoms with Gasteiger partial charge in [0.2, 0.25) is 0 Å². The van der Waals surface area contributed by atoms with E-state index in [-0.39, 0.29) is 12.5 Å². The Labute approximate surface area is 148 Å². The first-order chi connectivity index (χ1) is 12.3. The Kier molecular flexibility index (Phi) is 3.75. The molecule has 3 fully saturated rings. The number of rotatable bonds is 5. The van der Waals surface area contributed by atoms with E-state index in [9.17, 15) is 4.79 Å². The fourth-order valence-electron chi connectivity index (χ4n) is 5.45. The van der Waals surface area contributed by atoms with E-state index in [0.29, 0.717) is 23.5 Å². The van der Waals surface area contributed by atoms with Crippen LogP contribution in [0.25, 0.3) is 0 Å². The molecule has 5 rings (SSSR count). The third-order valence-corrected chi connectivity index (χ3v) is 6.77. The fourth-order valence-corrected chi connectivity index (χ4v) is 5.45. The Balaban J connectivity index is 1.17. The van der Waals surface area contributed by atoms with Crippen molar-refractivity contribution < 1.29 is 14.3 Å². The molecule has 0 radical (unpaired) electrons. The molecule has 0 aromatic heterocycles. The number of para-hydroxylation sites is 2. The molecule has 1 spiro atoms. The second kappa shape index (κ2) is 5.99. The van der Waals surface area contributed by atoms with Gasteiger partial charge < -0.3 is 19.7 Å². The summed E-state index contributed by atoms with van der Waals surface area (Å²) in [6.07, 6.45) is 6.68. The number of nitrogens with one attached hydrogen (secondary N) is 1. The molecule has 2 saturated carbocycles. The summed E-state index contributed by atoms with van der Waals surface area (Å²) in [6, 6.07) is 8.43. The van der Waals surface area contributed by atoms with Crippen molar-refractivity contribution in [2.75, 3.05) is 31.2 Å². The van der Waals surface area contributed by atoms with Gasteiger partial charge >= 0.3 is 0 Å². The number of hydrogen-bond donors (Lipinski definition) is 1. The van der Waals surface area contributed by atoms with Crippen LogP contribution in [0.15, 0.2) is 24.3 Å². The van der Waals surface area contributed by atoms with Crippen LogP contribution in [-0.2, 0) is 9.53 Å². The van der Waals surface area contributed by atoms with Crippen molar-refractivity contribution in [2.45, 2.75) is 44.2 Å². The van der Waals surface area contributed by atoms with Gasteiger partial charge in [-0.3, -0.25) is 4.79 Å². The zero-order valence-corrected chi connectivity index (χ0v) is 14.6. The summed E-state index contributed by atoms with van der Waals surface area (Å²) >= 11 is 0. The maximum absolute atomic E-state index is 12.2. The highest BCUT2D eigenvalue weighted by atomic mass is 16.5. The van der Waals surface area contributed by atoms with Gasteiger partial charge in [0.25, 0.3) is 5.91 Å². The van der Waals surface area contributed by atoms with Crippen molar-refractivity contribution >= 4 is 11.6 Å². The molecule has 1 N–H and O–H groups in total. The first kappa shape index (κ1) is 15.6. The minimum Gasteiger partial charge on any atom is -0.482 e. The molecule has 2 heterocycles. The lowest BCUT2D eigenvalue weighted by molar-refractivity contribution is -0.175. The summed E-state index contributed by atoms with van der Waals surface area (Å²) in [6.45, 7) is 2.80. The zero-order chi connectivity index (χ0) is 16.9. The molecule has 4 aliphatic rings. The number of carbonyl (C=O) groups excluding carboxylic acids is 1. The summed E-state index contributed by atoms with van der Waals surface area (Å²) < 4.78 is 11.5. The van der Waals surface area contributed by atoms with Crippen LogP contribution < -0.4 is 15.0 Å². The van der Waals surface area contributed by atoms with Gasteiger partial charge in [-0.2, -0.15) is 0 Å². The zero-order valence-electron chi connectivity index (χ0n) is 14.6. The molecular weight excluding hydrogens is 316 g/mol. The fraction of sp³-hybridized carbons (Fsp3) is 0.650. The van der Waals surface area contributed by atoms with Crippen molar-refractivity contribution in [2.24, 2.45) is 11.3 Å². The second-order valence-electron chi connectivity index (χ2n) is 7.92. The van der Waals surface area contributed by atoms with Gasteiger partial charge in [0, 0.05) is 30.5 Å². The predicted octanol–water partition coefficient (Wildman–Crippen LogP) is 2.35. The predicted molar refractivity (Wildman–Crippen MR) is 94.8 cm³/mol. The maximum atomic E-state index is 12.2. The molecule has 1 amide bonds. The van der Waals surface area contributed by atoms with E-state index < -0.39 is 0 Å². The molecule has 1 aromatic carbocycles. The van der Waals surface area contributed by atoms with Crippen LogP contribution in [0.1, 0.15) is 32.1 Å². The summed E-state index contributed by atoms with van der Waals surface area (Å²) in [5, 5.41) is 3.81. The van der Waals surface area contributed by atoms with Gasteiger partial charge in [0.05, 0.1) is 11.8 Å². The van der Waals surface area contributed by atoms with Crippen molar-refractivity contribution in [1.29, 1.82) is 0 Å². The van der Waals surface area contributed by atoms with E-state index in [1.165, 1.54) is 25.7 Å². The van der Waals surface area contributed by atoms with E-state index in [1.54, 1.807) is 0 Å². The van der Waals surface area contributed by atoms with Crippen LogP contribution in [0.5, 0.6) is 5.75 Å². The van der Waals surface area contributed by atoms with E-state index in [0.717, 1.165) is 37.6 Å². The molecule has 1 aromatic rings. The third-order valence-electron chi connectivity index (χ3n) is 6.77. The molecule has 2 aliphatic heterocycles. The smallest absolute Gasteiger partial charge is 0.265 e. The number of hydrogen-bond acceptors (Lipinski definition) is 4. The minimum absolute atomic E-state index is 0.0575. The Morgan fingerprint density at radius 2 is 2.16 bits per heavy atom. The van der Waals surface area contributed by atoms with Gasteiger partial charge in [-0.1, -0.05) is 18.6 Å². The van der Waals surface area contributed by atoms with Gasteiger partial charge in [-0.05, 0) is 44.4 Å². The molecule has 134 valence electrons. The van der Waals surface area contributed by atoms with Crippen LogP contribution >= 0.6 is 0 Å². The SMILES string of the molecule is O=C1COc2ccccc2N1CCCN[C@@H]1[C@@H]2CCO[C@@H]2C12CCC2. The monoisotopic (exact) mass is 342 g/mol. The number of benzene rings is 1. The normalized spacial score (nSPS) is 31.8. The van der Waals surface area contributed by atoms with E-state index in [2.05, 4.69) is 5.32 Å². The highest BCUT2D eigenvalue weighted by molar-refractivity contribution is 5.97. The largest absolute Gasteiger partial charge is 0.482 e. The summed E-state index contributed by atoms with van der Waals surface area (Å²) in [4.78, 5) is 14.1. The number of amides is 1. The van der Waals surface area contributed by atoms with E-state index >= 15 is 0 Å². The Morgan fingerprint density at radius 3 is 3.00 bits per heavy atom. The van der Waals surface area contributed by atoms with Crippen molar-refractivity contribution in [1.82, 2.24) is 5.32 Å². The van der Waals surface area contributed by atoms with Crippen molar-refractivity contribution in [3.63, 3.8) is 0 Å². The average Bonchev–Trinajstić information content (AvgIpc) is 3.00. The van der Waals surface area contributed by atoms with Gasteiger partial charge in [0.1, 0.15) is 5.75 Å². The molecule has 2 aliphatic carbocycles. The number of fused-ring (bicyclic) bond motifs is 3. The minimum atomic E-state index is 0.0575. The molecular formula is C20H26N2O3. The van der Waals surface area contributed by atoms with Gasteiger partial charge in [-0.25, -0.2) is 0 Å². The molecule has 0 unspecified atom stereocenters. The molecule has 3 atom stereocenters. The first-order valence-electron chi connectivity index (χ1n) is 9.67. The van der Waals surface area contributed by atoms with E-state index in [1.807, 2.05) is 29.2 Å².